The lowest BCUT2D eigenvalue weighted by Gasteiger charge is -2.13. The lowest BCUT2D eigenvalue weighted by atomic mass is 10.0. The van der Waals surface area contributed by atoms with Crippen LogP contribution in [0.15, 0.2) is 48.5 Å². The molecule has 25 heavy (non-hydrogen) atoms. The molecule has 0 bridgehead atoms. The van der Waals surface area contributed by atoms with Gasteiger partial charge in [-0.2, -0.15) is 0 Å². The number of ether oxygens (including phenoxy) is 1. The van der Waals surface area contributed by atoms with Gasteiger partial charge in [-0.25, -0.2) is 4.79 Å². The van der Waals surface area contributed by atoms with Crippen molar-refractivity contribution in [1.82, 2.24) is 0 Å². The van der Waals surface area contributed by atoms with Gasteiger partial charge in [0.15, 0.2) is 0 Å². The smallest absolute Gasteiger partial charge is 0.337 e. The molecular formula is C21H27NO3. The molecule has 0 fully saturated rings. The van der Waals surface area contributed by atoms with Crippen molar-refractivity contribution < 1.29 is 14.6 Å². The molecule has 0 aliphatic rings. The Morgan fingerprint density at radius 3 is 2.72 bits per heavy atom. The van der Waals surface area contributed by atoms with Crippen molar-refractivity contribution in [2.24, 2.45) is 0 Å². The van der Waals surface area contributed by atoms with Crippen LogP contribution in [0.5, 0.6) is 0 Å². The minimum atomic E-state index is -0.420. The average Bonchev–Trinajstić information content (AvgIpc) is 2.66. The van der Waals surface area contributed by atoms with Gasteiger partial charge in [0.25, 0.3) is 0 Å². The second-order valence-electron chi connectivity index (χ2n) is 6.18. The fraction of sp³-hybridized carbons (Fsp3) is 0.381. The van der Waals surface area contributed by atoms with Gasteiger partial charge < -0.3 is 15.2 Å². The molecule has 0 spiro atoms. The Kier molecular flexibility index (Phi) is 7.48. The largest absolute Gasteiger partial charge is 0.465 e. The summed E-state index contributed by atoms with van der Waals surface area (Å²) in [4.78, 5) is 11.6. The maximum absolute atomic E-state index is 11.6. The zero-order valence-corrected chi connectivity index (χ0v) is 15.0. The number of anilines is 1. The number of aliphatic hydroxyl groups is 1. The van der Waals surface area contributed by atoms with Gasteiger partial charge in [-0.1, -0.05) is 50.5 Å². The Hall–Kier alpha value is -2.33. The quantitative estimate of drug-likeness (QED) is 0.513. The molecule has 2 aromatic carbocycles. The topological polar surface area (TPSA) is 58.6 Å². The first-order valence-electron chi connectivity index (χ1n) is 8.83. The average molecular weight is 341 g/mol. The van der Waals surface area contributed by atoms with Gasteiger partial charge in [0.1, 0.15) is 0 Å². The van der Waals surface area contributed by atoms with E-state index in [0.29, 0.717) is 12.1 Å². The van der Waals surface area contributed by atoms with Crippen LogP contribution >= 0.6 is 0 Å². The maximum Gasteiger partial charge on any atom is 0.337 e. The summed E-state index contributed by atoms with van der Waals surface area (Å²) in [5.41, 5.74) is 3.43. The molecule has 2 N–H and O–H groups in total. The predicted octanol–water partition coefficient (Wildman–Crippen LogP) is 4.70. The van der Waals surface area contributed by atoms with Gasteiger partial charge in [0.2, 0.25) is 0 Å². The normalized spacial score (nSPS) is 11.8. The lowest BCUT2D eigenvalue weighted by Crippen LogP contribution is -2.05. The van der Waals surface area contributed by atoms with Gasteiger partial charge in [-0.05, 0) is 41.8 Å². The summed E-state index contributed by atoms with van der Waals surface area (Å²) < 4.78 is 4.75. The van der Waals surface area contributed by atoms with Crippen LogP contribution in [0.2, 0.25) is 0 Å². The molecule has 134 valence electrons. The standard InChI is InChI=1S/C21H27NO3/c1-3-4-5-12-20(23)17-9-7-11-19(14-17)22-15-16-8-6-10-18(13-16)21(24)25-2/h6-11,13-14,20,22-23H,3-5,12,15H2,1-2H3. The molecule has 0 aliphatic heterocycles. The van der Waals surface area contributed by atoms with Crippen LogP contribution in [-0.4, -0.2) is 18.2 Å². The molecule has 0 radical (unpaired) electrons. The third kappa shape index (κ3) is 5.91. The summed E-state index contributed by atoms with van der Waals surface area (Å²) in [5.74, 6) is -0.334. The predicted molar refractivity (Wildman–Crippen MR) is 101 cm³/mol. The molecule has 1 atom stereocenters. The fourth-order valence-corrected chi connectivity index (χ4v) is 2.74. The SMILES string of the molecule is CCCCCC(O)c1cccc(NCc2cccc(C(=O)OC)c2)c1. The number of hydrogen-bond donors (Lipinski definition) is 2. The van der Waals surface area contributed by atoms with E-state index in [9.17, 15) is 9.90 Å². The summed E-state index contributed by atoms with van der Waals surface area (Å²) in [5, 5.41) is 13.6. The van der Waals surface area contributed by atoms with E-state index < -0.39 is 6.10 Å². The molecule has 1 unspecified atom stereocenters. The number of nitrogens with one attached hydrogen (secondary N) is 1. The summed E-state index contributed by atoms with van der Waals surface area (Å²) in [6, 6.07) is 15.2. The molecular weight excluding hydrogens is 314 g/mol. The van der Waals surface area contributed by atoms with Crippen molar-refractivity contribution in [2.75, 3.05) is 12.4 Å². The van der Waals surface area contributed by atoms with Gasteiger partial charge in [-0.3, -0.25) is 0 Å². The molecule has 0 amide bonds. The van der Waals surface area contributed by atoms with Crippen LogP contribution < -0.4 is 5.32 Å². The Morgan fingerprint density at radius 2 is 1.96 bits per heavy atom. The van der Waals surface area contributed by atoms with Crippen molar-refractivity contribution in [3.63, 3.8) is 0 Å². The highest BCUT2D eigenvalue weighted by Gasteiger charge is 2.08. The van der Waals surface area contributed by atoms with Crippen molar-refractivity contribution in [2.45, 2.75) is 45.3 Å². The Balaban J connectivity index is 1.97. The van der Waals surface area contributed by atoms with Crippen LogP contribution in [0.3, 0.4) is 0 Å². The number of methoxy groups -OCH3 is 1. The van der Waals surface area contributed by atoms with Crippen molar-refractivity contribution in [3.05, 3.63) is 65.2 Å². The molecule has 0 saturated carbocycles. The van der Waals surface area contributed by atoms with Crippen LogP contribution in [0.25, 0.3) is 0 Å². The Labute approximate surface area is 149 Å². The monoisotopic (exact) mass is 341 g/mol. The summed E-state index contributed by atoms with van der Waals surface area (Å²) in [6.45, 7) is 2.76. The Bertz CT molecular complexity index is 684. The van der Waals surface area contributed by atoms with Gasteiger partial charge in [0.05, 0.1) is 18.8 Å². The van der Waals surface area contributed by atoms with E-state index in [1.807, 2.05) is 42.5 Å². The fourth-order valence-electron chi connectivity index (χ4n) is 2.74. The highest BCUT2D eigenvalue weighted by Crippen LogP contribution is 2.23. The van der Waals surface area contributed by atoms with Gasteiger partial charge in [-0.15, -0.1) is 0 Å². The molecule has 4 nitrogen and oxygen atoms in total. The summed E-state index contributed by atoms with van der Waals surface area (Å²) >= 11 is 0. The third-order valence-electron chi connectivity index (χ3n) is 4.20. The maximum atomic E-state index is 11.6. The molecule has 2 aromatic rings. The van der Waals surface area contributed by atoms with E-state index in [-0.39, 0.29) is 5.97 Å². The number of esters is 1. The first kappa shape index (κ1) is 19.0. The first-order valence-corrected chi connectivity index (χ1v) is 8.83. The highest BCUT2D eigenvalue weighted by molar-refractivity contribution is 5.89. The highest BCUT2D eigenvalue weighted by atomic mass is 16.5. The van der Waals surface area contributed by atoms with E-state index in [0.717, 1.165) is 42.5 Å². The van der Waals surface area contributed by atoms with Crippen molar-refractivity contribution in [3.8, 4) is 0 Å². The van der Waals surface area contributed by atoms with Crippen molar-refractivity contribution >= 4 is 11.7 Å². The van der Waals surface area contributed by atoms with E-state index in [1.165, 1.54) is 7.11 Å². The summed E-state index contributed by atoms with van der Waals surface area (Å²) in [6.07, 6.45) is 3.70. The van der Waals surface area contributed by atoms with Gasteiger partial charge in [0, 0.05) is 12.2 Å². The lowest BCUT2D eigenvalue weighted by molar-refractivity contribution is 0.0600. The third-order valence-corrected chi connectivity index (χ3v) is 4.20. The van der Waals surface area contributed by atoms with E-state index in [4.69, 9.17) is 4.74 Å². The molecule has 0 aromatic heterocycles. The van der Waals surface area contributed by atoms with Crippen LogP contribution in [0.1, 0.15) is 60.2 Å². The second kappa shape index (κ2) is 9.84. The molecule has 0 heterocycles. The van der Waals surface area contributed by atoms with Gasteiger partial charge >= 0.3 is 5.97 Å². The number of benzene rings is 2. The summed E-state index contributed by atoms with van der Waals surface area (Å²) in [7, 11) is 1.38. The second-order valence-corrected chi connectivity index (χ2v) is 6.18. The molecule has 2 rings (SSSR count). The van der Waals surface area contributed by atoms with Crippen LogP contribution in [0.4, 0.5) is 5.69 Å². The van der Waals surface area contributed by atoms with E-state index in [2.05, 4.69) is 12.2 Å². The Morgan fingerprint density at radius 1 is 1.16 bits per heavy atom. The minimum Gasteiger partial charge on any atom is -0.465 e. The minimum absolute atomic E-state index is 0.334. The number of carbonyl (C=O) groups excluding carboxylic acids is 1. The number of aliphatic hydroxyl groups excluding tert-OH is 1. The molecule has 4 heteroatoms. The molecule has 0 saturated heterocycles. The van der Waals surface area contributed by atoms with Crippen LogP contribution in [-0.2, 0) is 11.3 Å². The molecule has 0 aliphatic carbocycles. The van der Waals surface area contributed by atoms with E-state index >= 15 is 0 Å². The van der Waals surface area contributed by atoms with Crippen molar-refractivity contribution in [1.29, 1.82) is 0 Å². The number of rotatable bonds is 9. The number of carbonyl (C=O) groups is 1. The first-order chi connectivity index (χ1) is 12.1. The van der Waals surface area contributed by atoms with E-state index in [1.54, 1.807) is 6.07 Å². The zero-order valence-electron chi connectivity index (χ0n) is 15.0. The van der Waals surface area contributed by atoms with Crippen LogP contribution in [0, 0.1) is 0 Å². The number of unbranched alkanes of at least 4 members (excludes halogenated alkanes) is 2. The number of hydrogen-bond acceptors (Lipinski definition) is 4. The zero-order chi connectivity index (χ0) is 18.1.